The molecular formula is C28H39F3O3. The summed E-state index contributed by atoms with van der Waals surface area (Å²) >= 11 is 0. The zero-order chi connectivity index (χ0) is 25.0. The molecule has 0 heterocycles. The Hall–Kier alpha value is -1.89. The van der Waals surface area contributed by atoms with Crippen LogP contribution < -0.4 is 0 Å². The minimum atomic E-state index is -1.46. The Morgan fingerprint density at radius 2 is 1.18 bits per heavy atom. The first kappa shape index (κ1) is 28.3. The maximum atomic E-state index is 13.7. The van der Waals surface area contributed by atoms with E-state index in [9.17, 15) is 13.2 Å². The molecule has 0 aromatic heterocycles. The van der Waals surface area contributed by atoms with Crippen molar-refractivity contribution in [2.24, 2.45) is 0 Å². The first-order valence-corrected chi connectivity index (χ1v) is 12.6. The van der Waals surface area contributed by atoms with E-state index in [0.717, 1.165) is 37.0 Å². The van der Waals surface area contributed by atoms with Crippen molar-refractivity contribution in [2.45, 2.75) is 84.5 Å². The minimum absolute atomic E-state index is 0.186. The van der Waals surface area contributed by atoms with Crippen LogP contribution in [0.2, 0.25) is 0 Å². The Labute approximate surface area is 202 Å². The number of rotatable bonds is 16. The molecule has 0 fully saturated rings. The molecule has 0 aliphatic heterocycles. The van der Waals surface area contributed by atoms with E-state index in [-0.39, 0.29) is 11.5 Å². The third-order valence-corrected chi connectivity index (χ3v) is 5.94. The van der Waals surface area contributed by atoms with Gasteiger partial charge < -0.3 is 14.2 Å². The lowest BCUT2D eigenvalue weighted by atomic mass is 9.89. The quantitative estimate of drug-likeness (QED) is 0.137. The van der Waals surface area contributed by atoms with Crippen LogP contribution in [0.1, 0.15) is 84.1 Å². The third kappa shape index (κ3) is 7.56. The normalized spacial score (nSPS) is 12.8. The second kappa shape index (κ2) is 14.5. The van der Waals surface area contributed by atoms with Gasteiger partial charge in [-0.3, -0.25) is 0 Å². The number of halogens is 3. The number of benzene rings is 2. The average Bonchev–Trinajstić information content (AvgIpc) is 2.82. The molecule has 3 nitrogen and oxygen atoms in total. The molecule has 34 heavy (non-hydrogen) atoms. The van der Waals surface area contributed by atoms with Crippen molar-refractivity contribution in [1.82, 2.24) is 0 Å². The molecule has 6 heteroatoms. The maximum absolute atomic E-state index is 13.7. The molecule has 190 valence electrons. The van der Waals surface area contributed by atoms with Crippen molar-refractivity contribution in [1.29, 1.82) is 0 Å². The molecule has 2 aromatic rings. The fourth-order valence-electron chi connectivity index (χ4n) is 4.34. The van der Waals surface area contributed by atoms with Crippen molar-refractivity contribution in [3.63, 3.8) is 0 Å². The molecule has 0 N–H and O–H groups in total. The van der Waals surface area contributed by atoms with Gasteiger partial charge in [-0.15, -0.1) is 0 Å². The Bertz CT molecular complexity index is 814. The number of ether oxygens (including phenoxy) is 3. The van der Waals surface area contributed by atoms with Crippen LogP contribution in [0.25, 0.3) is 11.1 Å². The summed E-state index contributed by atoms with van der Waals surface area (Å²) in [5.74, 6) is -5.27. The summed E-state index contributed by atoms with van der Waals surface area (Å²) in [5.41, 5.74) is 1.83. The van der Waals surface area contributed by atoms with E-state index >= 15 is 0 Å². The van der Waals surface area contributed by atoms with E-state index in [4.69, 9.17) is 14.2 Å². The topological polar surface area (TPSA) is 27.7 Å². The van der Waals surface area contributed by atoms with E-state index in [0.29, 0.717) is 25.4 Å². The molecule has 1 atom stereocenters. The standard InChI is InChI=1S/C28H39F3O3/c1-5-9-10-11-12-13-14-24(28(32-6-2,33-7-3)34-8-4)22-17-15-21(16-18-22)23-19-25(29)27(31)26(30)20-23/h15-20,24H,5-14H2,1-4H3. The van der Waals surface area contributed by atoms with Gasteiger partial charge in [0.2, 0.25) is 0 Å². The molecule has 1 unspecified atom stereocenters. The Balaban J connectivity index is 2.34. The van der Waals surface area contributed by atoms with E-state index in [1.807, 2.05) is 32.9 Å². The third-order valence-electron chi connectivity index (χ3n) is 5.94. The largest absolute Gasteiger partial charge is 0.327 e. The van der Waals surface area contributed by atoms with E-state index in [2.05, 4.69) is 6.92 Å². The summed E-state index contributed by atoms with van der Waals surface area (Å²) < 4.78 is 59.1. The molecule has 0 radical (unpaired) electrons. The fourth-order valence-corrected chi connectivity index (χ4v) is 4.34. The number of unbranched alkanes of at least 4 members (excludes halogenated alkanes) is 5. The van der Waals surface area contributed by atoms with Gasteiger partial charge in [0.15, 0.2) is 17.5 Å². The lowest BCUT2D eigenvalue weighted by Gasteiger charge is -2.39. The highest BCUT2D eigenvalue weighted by atomic mass is 19.2. The van der Waals surface area contributed by atoms with Gasteiger partial charge in [0.05, 0.1) is 5.92 Å². The van der Waals surface area contributed by atoms with E-state index in [1.165, 1.54) is 25.7 Å². The summed E-state index contributed by atoms with van der Waals surface area (Å²) in [5, 5.41) is 0. The second-order valence-corrected chi connectivity index (χ2v) is 8.39. The molecule has 0 amide bonds. The monoisotopic (exact) mass is 480 g/mol. The smallest absolute Gasteiger partial charge is 0.290 e. The van der Waals surface area contributed by atoms with Crippen LogP contribution in [0.3, 0.4) is 0 Å². The van der Waals surface area contributed by atoms with Crippen LogP contribution in [0.15, 0.2) is 36.4 Å². The summed E-state index contributed by atoms with van der Waals surface area (Å²) in [6, 6.07) is 9.39. The number of hydrogen-bond acceptors (Lipinski definition) is 3. The SMILES string of the molecule is CCCCCCCCC(c1ccc(-c2cc(F)c(F)c(F)c2)cc1)C(OCC)(OCC)OCC. The Morgan fingerprint density at radius 3 is 1.68 bits per heavy atom. The first-order valence-electron chi connectivity index (χ1n) is 12.6. The molecular weight excluding hydrogens is 441 g/mol. The first-order chi connectivity index (χ1) is 16.4. The van der Waals surface area contributed by atoms with Crippen LogP contribution in [0.4, 0.5) is 13.2 Å². The van der Waals surface area contributed by atoms with E-state index in [1.54, 1.807) is 12.1 Å². The molecule has 0 saturated carbocycles. The highest BCUT2D eigenvalue weighted by Gasteiger charge is 2.42. The van der Waals surface area contributed by atoms with Crippen LogP contribution in [0, 0.1) is 17.5 Å². The second-order valence-electron chi connectivity index (χ2n) is 8.39. The zero-order valence-corrected chi connectivity index (χ0v) is 21.0. The molecule has 0 bridgehead atoms. The maximum Gasteiger partial charge on any atom is 0.290 e. The van der Waals surface area contributed by atoms with Crippen LogP contribution in [-0.2, 0) is 14.2 Å². The zero-order valence-electron chi connectivity index (χ0n) is 21.0. The van der Waals surface area contributed by atoms with Crippen LogP contribution in [0.5, 0.6) is 0 Å². The molecule has 0 saturated heterocycles. The lowest BCUT2D eigenvalue weighted by Crippen LogP contribution is -2.45. The minimum Gasteiger partial charge on any atom is -0.327 e. The van der Waals surface area contributed by atoms with Gasteiger partial charge in [-0.2, -0.15) is 0 Å². The predicted octanol–water partition coefficient (Wildman–Crippen LogP) is 8.37. The summed E-state index contributed by atoms with van der Waals surface area (Å²) in [6.07, 6.45) is 7.80. The van der Waals surface area contributed by atoms with Gasteiger partial charge in [-0.1, -0.05) is 69.7 Å². The van der Waals surface area contributed by atoms with Crippen molar-refractivity contribution in [3.8, 4) is 11.1 Å². The highest BCUT2D eigenvalue weighted by Crippen LogP contribution is 2.39. The average molecular weight is 481 g/mol. The molecule has 0 aliphatic carbocycles. The number of hydrogen-bond donors (Lipinski definition) is 0. The van der Waals surface area contributed by atoms with E-state index < -0.39 is 23.4 Å². The van der Waals surface area contributed by atoms with Crippen LogP contribution in [-0.4, -0.2) is 25.8 Å². The van der Waals surface area contributed by atoms with Crippen molar-refractivity contribution < 1.29 is 27.4 Å². The summed E-state index contributed by atoms with van der Waals surface area (Å²) in [4.78, 5) is 0. The van der Waals surface area contributed by atoms with Gasteiger partial charge in [0, 0.05) is 19.8 Å². The van der Waals surface area contributed by atoms with Crippen LogP contribution >= 0.6 is 0 Å². The van der Waals surface area contributed by atoms with Crippen molar-refractivity contribution >= 4 is 0 Å². The van der Waals surface area contributed by atoms with Gasteiger partial charge in [0.1, 0.15) is 0 Å². The van der Waals surface area contributed by atoms with Gasteiger partial charge >= 0.3 is 0 Å². The molecule has 2 aromatic carbocycles. The lowest BCUT2D eigenvalue weighted by molar-refractivity contribution is -0.389. The summed E-state index contributed by atoms with van der Waals surface area (Å²) in [7, 11) is 0. The van der Waals surface area contributed by atoms with Gasteiger partial charge in [-0.05, 0) is 56.0 Å². The Kier molecular flexibility index (Phi) is 12.1. The fraction of sp³-hybridized carbons (Fsp3) is 0.571. The molecule has 0 spiro atoms. The predicted molar refractivity (Wildman–Crippen MR) is 130 cm³/mol. The van der Waals surface area contributed by atoms with Crippen molar-refractivity contribution in [2.75, 3.05) is 19.8 Å². The summed E-state index contributed by atoms with van der Waals surface area (Å²) in [6.45, 7) is 9.23. The Morgan fingerprint density at radius 1 is 0.676 bits per heavy atom. The molecule has 0 aliphatic rings. The molecule has 2 rings (SSSR count). The van der Waals surface area contributed by atoms with Gasteiger partial charge in [0.25, 0.3) is 5.97 Å². The van der Waals surface area contributed by atoms with Crippen molar-refractivity contribution in [3.05, 3.63) is 59.4 Å². The highest BCUT2D eigenvalue weighted by molar-refractivity contribution is 5.64. The van der Waals surface area contributed by atoms with Gasteiger partial charge in [-0.25, -0.2) is 13.2 Å².